The van der Waals surface area contributed by atoms with Crippen LogP contribution in [0.1, 0.15) is 178 Å². The first-order valence-electron chi connectivity index (χ1n) is 22.8. The van der Waals surface area contributed by atoms with Gasteiger partial charge in [0.05, 0.1) is 0 Å². The standard InChI is InChI=1S/C19H33N3O2.C14H23N3O2.C9H16.C2H6.C2H4/c1-5-7-9-16-20-19(18(24)22(16)15(3)4)11-13-21(14-12-19)17(23)10-8-6-2;1-3-5-6-12-15-14(13(19)17(12)4-2)7-9-16(11-18)10-8-14;1-7-4-8-2-3-9(5-7)6-8;2*1-2/h15H,5-14H2,1-4H3;11H,3-10H2,1-2H3;7-9H,2-6H2,1H3;1-2H3;1-2H2. The van der Waals surface area contributed by atoms with E-state index in [2.05, 4.69) is 54.7 Å². The van der Waals surface area contributed by atoms with E-state index in [9.17, 15) is 19.2 Å². The first kappa shape index (κ1) is 49.1. The van der Waals surface area contributed by atoms with E-state index in [1.54, 1.807) is 24.2 Å². The monoisotopic (exact) mass is 783 g/mol. The summed E-state index contributed by atoms with van der Waals surface area (Å²) >= 11 is 0. The molecule has 2 saturated heterocycles. The second kappa shape index (κ2) is 24.7. The predicted octanol–water partition coefficient (Wildman–Crippen LogP) is 9.47. The van der Waals surface area contributed by atoms with Crippen molar-refractivity contribution < 1.29 is 19.2 Å². The fourth-order valence-corrected chi connectivity index (χ4v) is 9.41. The highest BCUT2D eigenvalue weighted by Crippen LogP contribution is 2.44. The molecule has 0 aromatic rings. The Hall–Kier alpha value is -3.04. The van der Waals surface area contributed by atoms with Gasteiger partial charge in [0.15, 0.2) is 0 Å². The van der Waals surface area contributed by atoms with E-state index in [1.807, 2.05) is 35.5 Å². The zero-order chi connectivity index (χ0) is 41.9. The van der Waals surface area contributed by atoms with Gasteiger partial charge in [0, 0.05) is 58.0 Å². The molecule has 2 bridgehead atoms. The highest BCUT2D eigenvalue weighted by atomic mass is 16.2. The third-order valence-corrected chi connectivity index (χ3v) is 12.5. The number of hydrogen-bond donors (Lipinski definition) is 0. The first-order chi connectivity index (χ1) is 27.0. The van der Waals surface area contributed by atoms with E-state index >= 15 is 0 Å². The van der Waals surface area contributed by atoms with Gasteiger partial charge < -0.3 is 9.80 Å². The zero-order valence-corrected chi connectivity index (χ0v) is 37.4. The third kappa shape index (κ3) is 12.7. The molecule has 56 heavy (non-hydrogen) atoms. The van der Waals surface area contributed by atoms with Crippen LogP contribution in [-0.4, -0.2) is 105 Å². The minimum atomic E-state index is -0.602. The second-order valence-electron chi connectivity index (χ2n) is 16.9. The Kier molecular flexibility index (Phi) is 21.6. The minimum Gasteiger partial charge on any atom is -0.345 e. The molecule has 0 aromatic carbocycles. The van der Waals surface area contributed by atoms with Crippen LogP contribution >= 0.6 is 0 Å². The van der Waals surface area contributed by atoms with Crippen LogP contribution < -0.4 is 0 Å². The molecule has 6 aliphatic rings. The van der Waals surface area contributed by atoms with E-state index in [4.69, 9.17) is 9.98 Å². The molecule has 2 atom stereocenters. The van der Waals surface area contributed by atoms with E-state index in [1.165, 1.54) is 12.8 Å². The Morgan fingerprint density at radius 3 is 1.73 bits per heavy atom. The highest BCUT2D eigenvalue weighted by molar-refractivity contribution is 6.09. The van der Waals surface area contributed by atoms with Crippen molar-refractivity contribution in [2.75, 3.05) is 32.7 Å². The van der Waals surface area contributed by atoms with Crippen molar-refractivity contribution in [1.29, 1.82) is 0 Å². The summed E-state index contributed by atoms with van der Waals surface area (Å²) in [5.74, 6) is 5.77. The lowest BCUT2D eigenvalue weighted by molar-refractivity contribution is -0.139. The van der Waals surface area contributed by atoms with Crippen molar-refractivity contribution in [1.82, 2.24) is 19.6 Å². The van der Waals surface area contributed by atoms with E-state index in [0.29, 0.717) is 64.8 Å². The third-order valence-electron chi connectivity index (χ3n) is 12.5. The number of aliphatic imine (C=N–C) groups is 2. The van der Waals surface area contributed by atoms with Crippen LogP contribution in [0.25, 0.3) is 0 Å². The highest BCUT2D eigenvalue weighted by Gasteiger charge is 2.51. The number of fused-ring (bicyclic) bond motifs is 2. The van der Waals surface area contributed by atoms with Gasteiger partial charge >= 0.3 is 0 Å². The molecule has 2 spiro atoms. The van der Waals surface area contributed by atoms with Gasteiger partial charge in [-0.3, -0.25) is 39.0 Å². The molecule has 6 rings (SSSR count). The van der Waals surface area contributed by atoms with Crippen LogP contribution in [0.4, 0.5) is 0 Å². The maximum atomic E-state index is 13.1. The smallest absolute Gasteiger partial charge is 0.256 e. The average Bonchev–Trinajstić information content (AvgIpc) is 3.80. The molecule has 10 heteroatoms. The number of piperidine rings is 2. The molecular weight excluding hydrogens is 701 g/mol. The van der Waals surface area contributed by atoms with Gasteiger partial charge in [0.2, 0.25) is 12.3 Å². The number of nitrogens with zero attached hydrogens (tertiary/aromatic N) is 6. The van der Waals surface area contributed by atoms with Gasteiger partial charge in [-0.15, -0.1) is 13.2 Å². The van der Waals surface area contributed by atoms with E-state index < -0.39 is 11.1 Å². The Morgan fingerprint density at radius 1 is 0.768 bits per heavy atom. The summed E-state index contributed by atoms with van der Waals surface area (Å²) < 4.78 is 0. The molecule has 320 valence electrons. The molecule has 2 unspecified atom stereocenters. The lowest BCUT2D eigenvalue weighted by atomic mass is 9.82. The van der Waals surface area contributed by atoms with Gasteiger partial charge in [-0.1, -0.05) is 73.6 Å². The van der Waals surface area contributed by atoms with Gasteiger partial charge in [0.1, 0.15) is 22.7 Å². The number of amidine groups is 2. The van der Waals surface area contributed by atoms with Crippen molar-refractivity contribution in [2.45, 2.75) is 195 Å². The zero-order valence-electron chi connectivity index (χ0n) is 37.4. The minimum absolute atomic E-state index is 0.145. The molecule has 0 aromatic heterocycles. The van der Waals surface area contributed by atoms with Crippen molar-refractivity contribution in [3.8, 4) is 0 Å². The molecule has 4 aliphatic heterocycles. The average molecular weight is 783 g/mol. The number of amides is 4. The number of likely N-dealkylation sites (N-methyl/N-ethyl adjacent to an activating group) is 1. The number of rotatable bonds is 12. The second-order valence-corrected chi connectivity index (χ2v) is 16.9. The summed E-state index contributed by atoms with van der Waals surface area (Å²) in [7, 11) is 0. The molecule has 0 N–H and O–H groups in total. The molecule has 10 nitrogen and oxygen atoms in total. The maximum absolute atomic E-state index is 13.1. The van der Waals surface area contributed by atoms with Gasteiger partial charge in [0.25, 0.3) is 11.8 Å². The van der Waals surface area contributed by atoms with Crippen LogP contribution in [0.5, 0.6) is 0 Å². The quantitative estimate of drug-likeness (QED) is 0.145. The molecule has 0 radical (unpaired) electrons. The van der Waals surface area contributed by atoms with Crippen LogP contribution in [0, 0.1) is 17.8 Å². The van der Waals surface area contributed by atoms with Crippen LogP contribution in [0.3, 0.4) is 0 Å². The SMILES string of the molecule is C=C.CC.CC1CC2CCC(C1)C2.CCCCC(=O)N1CCC2(CC1)N=C(CCCC)N(C(C)C)C2=O.CCCCC1=NC2(CCN(C=O)CC2)C(=O)N1CC. The Bertz CT molecular complexity index is 1270. The van der Waals surface area contributed by atoms with Gasteiger partial charge in [-0.05, 0) is 103 Å². The molecule has 2 saturated carbocycles. The van der Waals surface area contributed by atoms with Crippen molar-refractivity contribution >= 4 is 35.8 Å². The fraction of sp³-hybridized carbons (Fsp3) is 0.826. The number of carbonyl (C=O) groups is 4. The summed E-state index contributed by atoms with van der Waals surface area (Å²) in [5.41, 5.74) is -1.17. The number of unbranched alkanes of at least 4 members (excludes halogenated alkanes) is 3. The summed E-state index contributed by atoms with van der Waals surface area (Å²) in [6, 6.07) is 0.150. The Balaban J connectivity index is 0.000000299. The molecule has 4 fully saturated rings. The summed E-state index contributed by atoms with van der Waals surface area (Å²) in [6.07, 6.45) is 20.0. The fourth-order valence-electron chi connectivity index (χ4n) is 9.41. The lowest BCUT2D eigenvalue weighted by Gasteiger charge is -2.37. The van der Waals surface area contributed by atoms with E-state index in [-0.39, 0.29) is 23.8 Å². The first-order valence-corrected chi connectivity index (χ1v) is 22.8. The van der Waals surface area contributed by atoms with Crippen LogP contribution in [-0.2, 0) is 19.2 Å². The number of likely N-dealkylation sites (tertiary alicyclic amines) is 2. The molecular formula is C46H82N6O4. The van der Waals surface area contributed by atoms with Crippen molar-refractivity contribution in [3.63, 3.8) is 0 Å². The van der Waals surface area contributed by atoms with Crippen LogP contribution in [0.2, 0.25) is 0 Å². The molecule has 2 aliphatic carbocycles. The summed E-state index contributed by atoms with van der Waals surface area (Å²) in [4.78, 5) is 65.7. The largest absolute Gasteiger partial charge is 0.345 e. The van der Waals surface area contributed by atoms with Crippen molar-refractivity contribution in [3.05, 3.63) is 13.2 Å². The predicted molar refractivity (Wildman–Crippen MR) is 233 cm³/mol. The molecule has 4 amide bonds. The van der Waals surface area contributed by atoms with E-state index in [0.717, 1.165) is 87.2 Å². The number of carbonyl (C=O) groups excluding carboxylic acids is 4. The summed E-state index contributed by atoms with van der Waals surface area (Å²) in [5, 5.41) is 0. The van der Waals surface area contributed by atoms with Gasteiger partial charge in [-0.25, -0.2) is 0 Å². The summed E-state index contributed by atoms with van der Waals surface area (Å²) in [6.45, 7) is 28.2. The van der Waals surface area contributed by atoms with Crippen LogP contribution in [0.15, 0.2) is 23.1 Å². The lowest BCUT2D eigenvalue weighted by Crippen LogP contribution is -2.52. The maximum Gasteiger partial charge on any atom is 0.256 e. The Morgan fingerprint density at radius 2 is 1.25 bits per heavy atom. The molecule has 4 heterocycles. The normalized spacial score (nSPS) is 24.3. The Labute approximate surface area is 342 Å². The number of hydrogen-bond acceptors (Lipinski definition) is 6. The van der Waals surface area contributed by atoms with Gasteiger partial charge in [-0.2, -0.15) is 0 Å². The topological polar surface area (TPSA) is 106 Å². The van der Waals surface area contributed by atoms with Crippen molar-refractivity contribution in [2.24, 2.45) is 27.7 Å².